The highest BCUT2D eigenvalue weighted by Gasteiger charge is 2.35. The van der Waals surface area contributed by atoms with Gasteiger partial charge in [0.2, 0.25) is 5.91 Å². The van der Waals surface area contributed by atoms with Crippen LogP contribution in [0.15, 0.2) is 36.4 Å². The Morgan fingerprint density at radius 3 is 2.46 bits per heavy atom. The number of amides is 1. The molecular formula is C27H36F2N2O4. The van der Waals surface area contributed by atoms with E-state index in [0.29, 0.717) is 12.0 Å². The Morgan fingerprint density at radius 2 is 1.86 bits per heavy atom. The quantitative estimate of drug-likeness (QED) is 0.510. The number of benzene rings is 2. The predicted molar refractivity (Wildman–Crippen MR) is 131 cm³/mol. The van der Waals surface area contributed by atoms with Crippen molar-refractivity contribution in [2.24, 2.45) is 0 Å². The van der Waals surface area contributed by atoms with Crippen molar-refractivity contribution in [3.63, 3.8) is 0 Å². The average molecular weight is 491 g/mol. The number of aliphatic hydroxyl groups is 1. The zero-order valence-electron chi connectivity index (χ0n) is 21.2. The minimum atomic E-state index is -1.01. The maximum atomic E-state index is 13.7. The Balaban J connectivity index is 1.77. The van der Waals surface area contributed by atoms with Crippen molar-refractivity contribution in [3.8, 4) is 11.5 Å². The molecule has 1 heterocycles. The van der Waals surface area contributed by atoms with Crippen LogP contribution in [0.5, 0.6) is 11.5 Å². The zero-order chi connectivity index (χ0) is 26.0. The number of hydrogen-bond donors (Lipinski definition) is 3. The van der Waals surface area contributed by atoms with Gasteiger partial charge in [0.05, 0.1) is 12.1 Å². The summed E-state index contributed by atoms with van der Waals surface area (Å²) >= 11 is 0. The highest BCUT2D eigenvalue weighted by molar-refractivity contribution is 5.73. The van der Waals surface area contributed by atoms with E-state index in [1.165, 1.54) is 19.1 Å². The van der Waals surface area contributed by atoms with Crippen molar-refractivity contribution in [2.45, 2.75) is 83.8 Å². The van der Waals surface area contributed by atoms with Crippen molar-refractivity contribution in [2.75, 3.05) is 6.54 Å². The molecule has 0 radical (unpaired) electrons. The lowest BCUT2D eigenvalue weighted by molar-refractivity contribution is -0.120. The molecule has 0 aromatic heterocycles. The van der Waals surface area contributed by atoms with Gasteiger partial charge in [0, 0.05) is 37.6 Å². The predicted octanol–water partition coefficient (Wildman–Crippen LogP) is 4.44. The standard InChI is InChI=1S/C27H36F2N2O4/c1-16(32)31-22(11-17-9-18(28)12-19(29)10-17)24(33)15-30-23-14-27(5,6)35-25-8-7-20(13-21(23)25)34-26(2,3)4/h7-10,12-13,22-24,30,33H,11,14-15H2,1-6H3,(H,31,32)/t22-,23-,24+/m0/s1. The number of aliphatic hydroxyl groups excluding tert-OH is 1. The summed E-state index contributed by atoms with van der Waals surface area (Å²) in [6, 6.07) is 8.03. The minimum Gasteiger partial charge on any atom is -0.488 e. The molecule has 2 aromatic rings. The molecule has 1 aliphatic heterocycles. The van der Waals surface area contributed by atoms with Crippen LogP contribution in [-0.4, -0.2) is 40.9 Å². The first kappa shape index (κ1) is 26.9. The van der Waals surface area contributed by atoms with Gasteiger partial charge < -0.3 is 25.2 Å². The number of rotatable bonds is 8. The molecule has 0 bridgehead atoms. The Labute approximate surface area is 206 Å². The van der Waals surface area contributed by atoms with Gasteiger partial charge in [-0.2, -0.15) is 0 Å². The molecule has 0 saturated heterocycles. The molecule has 3 rings (SSSR count). The van der Waals surface area contributed by atoms with E-state index < -0.39 is 29.4 Å². The molecule has 0 fully saturated rings. The van der Waals surface area contributed by atoms with E-state index in [2.05, 4.69) is 10.6 Å². The van der Waals surface area contributed by atoms with Crippen LogP contribution in [-0.2, 0) is 11.2 Å². The summed E-state index contributed by atoms with van der Waals surface area (Å²) in [5.74, 6) is -0.293. The molecule has 1 amide bonds. The molecule has 1 aliphatic rings. The van der Waals surface area contributed by atoms with E-state index in [1.54, 1.807) is 0 Å². The molecule has 8 heteroatoms. The number of nitrogens with one attached hydrogen (secondary N) is 2. The topological polar surface area (TPSA) is 79.8 Å². The maximum Gasteiger partial charge on any atom is 0.217 e. The van der Waals surface area contributed by atoms with Crippen molar-refractivity contribution in [1.29, 1.82) is 0 Å². The average Bonchev–Trinajstić information content (AvgIpc) is 2.69. The highest BCUT2D eigenvalue weighted by atomic mass is 19.1. The first-order chi connectivity index (χ1) is 16.2. The van der Waals surface area contributed by atoms with Crippen LogP contribution in [0, 0.1) is 11.6 Å². The van der Waals surface area contributed by atoms with E-state index in [-0.39, 0.29) is 30.5 Å². The molecule has 2 aromatic carbocycles. The third kappa shape index (κ3) is 7.90. The second kappa shape index (κ2) is 10.5. The lowest BCUT2D eigenvalue weighted by atomic mass is 9.89. The summed E-state index contributed by atoms with van der Waals surface area (Å²) in [5.41, 5.74) is 0.478. The molecule has 0 saturated carbocycles. The van der Waals surface area contributed by atoms with Crippen LogP contribution < -0.4 is 20.1 Å². The van der Waals surface area contributed by atoms with Gasteiger partial charge in [-0.15, -0.1) is 0 Å². The third-order valence-corrected chi connectivity index (χ3v) is 5.67. The Morgan fingerprint density at radius 1 is 1.20 bits per heavy atom. The molecule has 192 valence electrons. The number of carbonyl (C=O) groups is 1. The van der Waals surface area contributed by atoms with Crippen LogP contribution in [0.4, 0.5) is 8.78 Å². The fourth-order valence-electron chi connectivity index (χ4n) is 4.36. The summed E-state index contributed by atoms with van der Waals surface area (Å²) in [4.78, 5) is 11.8. The molecule has 35 heavy (non-hydrogen) atoms. The molecule has 6 nitrogen and oxygen atoms in total. The first-order valence-electron chi connectivity index (χ1n) is 11.9. The van der Waals surface area contributed by atoms with Crippen molar-refractivity contribution >= 4 is 5.91 Å². The Kier molecular flexibility index (Phi) is 8.07. The maximum absolute atomic E-state index is 13.7. The van der Waals surface area contributed by atoms with Gasteiger partial charge in [-0.1, -0.05) is 0 Å². The minimum absolute atomic E-state index is 0.0799. The van der Waals surface area contributed by atoms with Crippen LogP contribution in [0.2, 0.25) is 0 Å². The summed E-state index contributed by atoms with van der Waals surface area (Å²) < 4.78 is 39.5. The van der Waals surface area contributed by atoms with Gasteiger partial charge >= 0.3 is 0 Å². The summed E-state index contributed by atoms with van der Waals surface area (Å²) in [6.07, 6.45) is -0.282. The SMILES string of the molecule is CC(=O)N[C@@H](Cc1cc(F)cc(F)c1)[C@H](O)CN[C@H]1CC(C)(C)Oc2ccc(OC(C)(C)C)cc21. The largest absolute Gasteiger partial charge is 0.488 e. The second-order valence-electron chi connectivity index (χ2n) is 10.8. The van der Waals surface area contributed by atoms with Gasteiger partial charge in [0.1, 0.15) is 34.3 Å². The fourth-order valence-corrected chi connectivity index (χ4v) is 4.36. The number of ether oxygens (including phenoxy) is 2. The number of carbonyl (C=O) groups excluding carboxylic acids is 1. The Bertz CT molecular complexity index is 1030. The van der Waals surface area contributed by atoms with Crippen LogP contribution in [0.1, 0.15) is 65.1 Å². The van der Waals surface area contributed by atoms with Crippen LogP contribution in [0.25, 0.3) is 0 Å². The van der Waals surface area contributed by atoms with Gasteiger partial charge in [-0.25, -0.2) is 8.78 Å². The lowest BCUT2D eigenvalue weighted by Crippen LogP contribution is -2.49. The van der Waals surface area contributed by atoms with Crippen molar-refractivity contribution in [3.05, 3.63) is 59.2 Å². The molecular weight excluding hydrogens is 454 g/mol. The smallest absolute Gasteiger partial charge is 0.217 e. The van der Waals surface area contributed by atoms with E-state index in [9.17, 15) is 18.7 Å². The molecule has 3 N–H and O–H groups in total. The van der Waals surface area contributed by atoms with Crippen molar-refractivity contribution in [1.82, 2.24) is 10.6 Å². The van der Waals surface area contributed by atoms with Gasteiger partial charge in [0.25, 0.3) is 0 Å². The molecule has 0 spiro atoms. The van der Waals surface area contributed by atoms with Crippen LogP contribution >= 0.6 is 0 Å². The summed E-state index contributed by atoms with van der Waals surface area (Å²) in [6.45, 7) is 11.4. The van der Waals surface area contributed by atoms with E-state index in [4.69, 9.17) is 9.47 Å². The number of hydrogen-bond acceptors (Lipinski definition) is 5. The summed E-state index contributed by atoms with van der Waals surface area (Å²) in [5, 5.41) is 17.1. The lowest BCUT2D eigenvalue weighted by Gasteiger charge is -2.39. The number of fused-ring (bicyclic) bond motifs is 1. The Hall–Kier alpha value is -2.71. The monoisotopic (exact) mass is 490 g/mol. The normalized spacial score (nSPS) is 18.7. The van der Waals surface area contributed by atoms with Crippen molar-refractivity contribution < 1.29 is 28.2 Å². The zero-order valence-corrected chi connectivity index (χ0v) is 21.2. The van der Waals surface area contributed by atoms with E-state index >= 15 is 0 Å². The highest BCUT2D eigenvalue weighted by Crippen LogP contribution is 2.41. The summed E-state index contributed by atoms with van der Waals surface area (Å²) in [7, 11) is 0. The van der Waals surface area contributed by atoms with Crippen LogP contribution in [0.3, 0.4) is 0 Å². The molecule has 3 atom stereocenters. The number of halogens is 2. The molecule has 0 aliphatic carbocycles. The van der Waals surface area contributed by atoms with E-state index in [0.717, 1.165) is 23.1 Å². The molecule has 0 unspecified atom stereocenters. The fraction of sp³-hybridized carbons (Fsp3) is 0.519. The van der Waals surface area contributed by atoms with Gasteiger partial charge in [-0.05, 0) is 76.9 Å². The first-order valence-corrected chi connectivity index (χ1v) is 11.9. The second-order valence-corrected chi connectivity index (χ2v) is 10.8. The van der Waals surface area contributed by atoms with Gasteiger partial charge in [0.15, 0.2) is 0 Å². The van der Waals surface area contributed by atoms with E-state index in [1.807, 2.05) is 52.8 Å². The third-order valence-electron chi connectivity index (χ3n) is 5.67. The van der Waals surface area contributed by atoms with Gasteiger partial charge in [-0.3, -0.25) is 4.79 Å².